The first-order chi connectivity index (χ1) is 8.43. The van der Waals surface area contributed by atoms with Gasteiger partial charge in [-0.25, -0.2) is 4.98 Å². The summed E-state index contributed by atoms with van der Waals surface area (Å²) in [6, 6.07) is 3.00. The van der Waals surface area contributed by atoms with Crippen molar-refractivity contribution < 1.29 is 4.92 Å². The fourth-order valence-corrected chi connectivity index (χ4v) is 2.25. The molecule has 0 saturated carbocycles. The van der Waals surface area contributed by atoms with Gasteiger partial charge in [0.2, 0.25) is 0 Å². The summed E-state index contributed by atoms with van der Waals surface area (Å²) in [6.45, 7) is 8.98. The van der Waals surface area contributed by atoms with Gasteiger partial charge in [-0.3, -0.25) is 10.1 Å². The normalized spacial score (nSPS) is 12.5. The number of nitrogens with zero attached hydrogens (tertiary/aromatic N) is 2. The van der Waals surface area contributed by atoms with Crippen molar-refractivity contribution in [2.24, 2.45) is 5.92 Å². The fraction of sp³-hybridized carbons (Fsp3) is 0.583. The Morgan fingerprint density at radius 2 is 2.11 bits per heavy atom. The summed E-state index contributed by atoms with van der Waals surface area (Å²) in [5.41, 5.74) is 0.0828. The Labute approximate surface area is 112 Å². The molecule has 0 radical (unpaired) electrons. The molecule has 1 N–H and O–H groups in total. The Morgan fingerprint density at radius 3 is 2.61 bits per heavy atom. The lowest BCUT2D eigenvalue weighted by molar-refractivity contribution is -0.385. The summed E-state index contributed by atoms with van der Waals surface area (Å²) in [6.07, 6.45) is 0. The largest absolute Gasteiger partial charge is 0.370 e. The molecular weight excluding hydrogens is 250 g/mol. The van der Waals surface area contributed by atoms with Gasteiger partial charge in [-0.05, 0) is 12.8 Å². The lowest BCUT2D eigenvalue weighted by Crippen LogP contribution is -2.07. The van der Waals surface area contributed by atoms with Crippen LogP contribution in [0.3, 0.4) is 0 Å². The van der Waals surface area contributed by atoms with Crippen molar-refractivity contribution in [2.45, 2.75) is 38.0 Å². The zero-order valence-corrected chi connectivity index (χ0v) is 12.0. The second kappa shape index (κ2) is 6.58. The van der Waals surface area contributed by atoms with E-state index >= 15 is 0 Å². The topological polar surface area (TPSA) is 68.1 Å². The third kappa shape index (κ3) is 4.18. The second-order valence-corrected chi connectivity index (χ2v) is 5.80. The van der Waals surface area contributed by atoms with Crippen molar-refractivity contribution in [2.75, 3.05) is 11.9 Å². The first kappa shape index (κ1) is 14.8. The van der Waals surface area contributed by atoms with Crippen molar-refractivity contribution >= 4 is 23.3 Å². The molecule has 1 aromatic rings. The van der Waals surface area contributed by atoms with Crippen LogP contribution < -0.4 is 5.32 Å². The fourth-order valence-electron chi connectivity index (χ4n) is 1.26. The van der Waals surface area contributed by atoms with Gasteiger partial charge in [0.05, 0.1) is 11.0 Å². The lowest BCUT2D eigenvalue weighted by Gasteiger charge is -2.14. The van der Waals surface area contributed by atoms with Gasteiger partial charge in [-0.15, -0.1) is 11.8 Å². The van der Waals surface area contributed by atoms with E-state index < -0.39 is 0 Å². The van der Waals surface area contributed by atoms with Crippen molar-refractivity contribution in [1.82, 2.24) is 4.98 Å². The van der Waals surface area contributed by atoms with Crippen LogP contribution in [0.25, 0.3) is 0 Å². The summed E-state index contributed by atoms with van der Waals surface area (Å²) in [5.74, 6) is 1.06. The monoisotopic (exact) mass is 269 g/mol. The molecule has 6 heteroatoms. The number of rotatable bonds is 6. The van der Waals surface area contributed by atoms with Gasteiger partial charge in [-0.2, -0.15) is 0 Å². The van der Waals surface area contributed by atoms with Crippen LogP contribution in [0.2, 0.25) is 0 Å². The summed E-state index contributed by atoms with van der Waals surface area (Å²) >= 11 is 1.57. The Morgan fingerprint density at radius 1 is 1.44 bits per heavy atom. The van der Waals surface area contributed by atoms with Crippen LogP contribution in [0.1, 0.15) is 27.7 Å². The molecule has 0 amide bonds. The molecule has 0 saturated heterocycles. The molecule has 18 heavy (non-hydrogen) atoms. The maximum Gasteiger partial charge on any atom is 0.275 e. The Balaban J connectivity index is 2.99. The molecule has 0 fully saturated rings. The molecule has 1 rings (SSSR count). The van der Waals surface area contributed by atoms with E-state index in [2.05, 4.69) is 31.1 Å². The minimum absolute atomic E-state index is 0.0828. The van der Waals surface area contributed by atoms with Crippen LogP contribution in [0.5, 0.6) is 0 Å². The third-order valence-corrected chi connectivity index (χ3v) is 3.97. The van der Waals surface area contributed by atoms with Gasteiger partial charge in [0.1, 0.15) is 10.8 Å². The highest BCUT2D eigenvalue weighted by atomic mass is 32.2. The van der Waals surface area contributed by atoms with Crippen molar-refractivity contribution in [1.29, 1.82) is 0 Å². The predicted octanol–water partition coefficient (Wildman–Crippen LogP) is 3.56. The summed E-state index contributed by atoms with van der Waals surface area (Å²) in [5, 5.41) is 15.0. The van der Waals surface area contributed by atoms with E-state index in [-0.39, 0.29) is 10.6 Å². The summed E-state index contributed by atoms with van der Waals surface area (Å²) in [4.78, 5) is 14.9. The molecule has 0 aromatic carbocycles. The molecule has 0 aliphatic rings. The standard InChI is InChI=1S/C12H19N3O2S/c1-5-13-11-6-10(15(16)17)7-12(14-11)18-9(4)8(2)3/h6-9H,5H2,1-4H3,(H,13,14). The van der Waals surface area contributed by atoms with Gasteiger partial charge >= 0.3 is 0 Å². The van der Waals surface area contributed by atoms with Crippen molar-refractivity contribution in [3.63, 3.8) is 0 Å². The average molecular weight is 269 g/mol. The zero-order chi connectivity index (χ0) is 13.7. The molecule has 1 atom stereocenters. The number of aromatic nitrogens is 1. The second-order valence-electron chi connectivity index (χ2n) is 4.40. The molecule has 1 heterocycles. The van der Waals surface area contributed by atoms with E-state index in [1.54, 1.807) is 11.8 Å². The SMILES string of the molecule is CCNc1cc([N+](=O)[O-])cc(SC(C)C(C)C)n1. The zero-order valence-electron chi connectivity index (χ0n) is 11.1. The number of pyridine rings is 1. The highest BCUT2D eigenvalue weighted by molar-refractivity contribution is 7.99. The molecule has 1 aromatic heterocycles. The number of thioether (sulfide) groups is 1. The molecule has 0 aliphatic carbocycles. The van der Waals surface area contributed by atoms with Crippen LogP contribution in [-0.4, -0.2) is 21.7 Å². The lowest BCUT2D eigenvalue weighted by atomic mass is 10.2. The van der Waals surface area contributed by atoms with E-state index in [9.17, 15) is 10.1 Å². The maximum absolute atomic E-state index is 10.9. The van der Waals surface area contributed by atoms with Crippen molar-refractivity contribution in [3.05, 3.63) is 22.2 Å². The third-order valence-electron chi connectivity index (χ3n) is 2.60. The van der Waals surface area contributed by atoms with E-state index in [0.29, 0.717) is 28.6 Å². The Hall–Kier alpha value is -1.30. The molecule has 0 spiro atoms. The quantitative estimate of drug-likeness (QED) is 0.486. The first-order valence-electron chi connectivity index (χ1n) is 6.01. The number of hydrogen-bond acceptors (Lipinski definition) is 5. The van der Waals surface area contributed by atoms with Crippen LogP contribution in [0.4, 0.5) is 11.5 Å². The van der Waals surface area contributed by atoms with Gasteiger partial charge < -0.3 is 5.32 Å². The molecule has 0 aliphatic heterocycles. The molecule has 100 valence electrons. The maximum atomic E-state index is 10.9. The van der Waals surface area contributed by atoms with Crippen molar-refractivity contribution in [3.8, 4) is 0 Å². The summed E-state index contributed by atoms with van der Waals surface area (Å²) in [7, 11) is 0. The highest BCUT2D eigenvalue weighted by Gasteiger charge is 2.15. The number of nitro groups is 1. The number of anilines is 1. The van der Waals surface area contributed by atoms with Crippen LogP contribution >= 0.6 is 11.8 Å². The van der Waals surface area contributed by atoms with Crippen LogP contribution in [0.15, 0.2) is 17.2 Å². The van der Waals surface area contributed by atoms with Gasteiger partial charge in [0.15, 0.2) is 0 Å². The first-order valence-corrected chi connectivity index (χ1v) is 6.89. The smallest absolute Gasteiger partial charge is 0.275 e. The average Bonchev–Trinajstić information content (AvgIpc) is 2.28. The summed E-state index contributed by atoms with van der Waals surface area (Å²) < 4.78 is 0. The predicted molar refractivity (Wildman–Crippen MR) is 75.2 cm³/mol. The van der Waals surface area contributed by atoms with Crippen LogP contribution in [-0.2, 0) is 0 Å². The minimum atomic E-state index is -0.382. The van der Waals surface area contributed by atoms with Crippen LogP contribution in [0, 0.1) is 16.0 Å². The molecule has 5 nitrogen and oxygen atoms in total. The molecule has 0 bridgehead atoms. The van der Waals surface area contributed by atoms with E-state index in [4.69, 9.17) is 0 Å². The highest BCUT2D eigenvalue weighted by Crippen LogP contribution is 2.30. The number of hydrogen-bond donors (Lipinski definition) is 1. The molecular formula is C12H19N3O2S. The minimum Gasteiger partial charge on any atom is -0.370 e. The number of nitrogens with one attached hydrogen (secondary N) is 1. The van der Waals surface area contributed by atoms with E-state index in [0.717, 1.165) is 0 Å². The van der Waals surface area contributed by atoms with Gasteiger partial charge in [-0.1, -0.05) is 20.8 Å². The Bertz CT molecular complexity index is 424. The van der Waals surface area contributed by atoms with Gasteiger partial charge in [0, 0.05) is 17.9 Å². The molecule has 1 unspecified atom stereocenters. The van der Waals surface area contributed by atoms with E-state index in [1.807, 2.05) is 6.92 Å². The van der Waals surface area contributed by atoms with E-state index in [1.165, 1.54) is 12.1 Å². The van der Waals surface area contributed by atoms with Gasteiger partial charge in [0.25, 0.3) is 5.69 Å². The Kier molecular flexibility index (Phi) is 5.40.